The smallest absolute Gasteiger partial charge is 0.191 e. The van der Waals surface area contributed by atoms with Crippen LogP contribution in [0.3, 0.4) is 0 Å². The van der Waals surface area contributed by atoms with Gasteiger partial charge in [0.15, 0.2) is 5.96 Å². The van der Waals surface area contributed by atoms with Gasteiger partial charge in [-0.05, 0) is 38.9 Å². The summed E-state index contributed by atoms with van der Waals surface area (Å²) >= 11 is 1.83. The van der Waals surface area contributed by atoms with Crippen molar-refractivity contribution >= 4 is 41.3 Å². The Hall–Kier alpha value is -0.340. The van der Waals surface area contributed by atoms with E-state index in [1.54, 1.807) is 0 Å². The van der Waals surface area contributed by atoms with Crippen LogP contribution in [0, 0.1) is 6.92 Å². The summed E-state index contributed by atoms with van der Waals surface area (Å²) in [7, 11) is 4.07. The first-order valence-corrected chi connectivity index (χ1v) is 8.71. The van der Waals surface area contributed by atoms with Gasteiger partial charge in [-0.1, -0.05) is 12.8 Å². The molecule has 0 amide bonds. The zero-order chi connectivity index (χ0) is 15.1. The fourth-order valence-corrected chi connectivity index (χ4v) is 3.68. The molecule has 1 fully saturated rings. The molecule has 0 bridgehead atoms. The molecule has 22 heavy (non-hydrogen) atoms. The third-order valence-electron chi connectivity index (χ3n) is 4.15. The molecule has 2 rings (SSSR count). The van der Waals surface area contributed by atoms with Gasteiger partial charge in [0.2, 0.25) is 0 Å². The highest BCUT2D eigenvalue weighted by Gasteiger charge is 2.18. The number of rotatable bonds is 6. The van der Waals surface area contributed by atoms with Gasteiger partial charge in [0.05, 0.1) is 6.54 Å². The molecule has 1 aromatic rings. The first kappa shape index (κ1) is 19.7. The third kappa shape index (κ3) is 6.42. The molecule has 1 saturated carbocycles. The monoisotopic (exact) mass is 436 g/mol. The van der Waals surface area contributed by atoms with Gasteiger partial charge in [-0.2, -0.15) is 0 Å². The summed E-state index contributed by atoms with van der Waals surface area (Å²) in [6.45, 7) is 5.00. The largest absolute Gasteiger partial charge is 0.355 e. The SMILES string of the molecule is CN=C(NCCN(C)C1CCCC1)NCc1ccc(C)s1.I. The van der Waals surface area contributed by atoms with Gasteiger partial charge in [0.1, 0.15) is 0 Å². The quantitative estimate of drug-likeness (QED) is 0.409. The number of likely N-dealkylation sites (N-methyl/N-ethyl adjacent to an activating group) is 1. The Bertz CT molecular complexity index is 455. The molecule has 0 aromatic carbocycles. The molecule has 4 nitrogen and oxygen atoms in total. The molecule has 1 aromatic heterocycles. The topological polar surface area (TPSA) is 39.7 Å². The number of nitrogens with zero attached hydrogens (tertiary/aromatic N) is 2. The Morgan fingerprint density at radius 1 is 1.32 bits per heavy atom. The molecule has 126 valence electrons. The standard InChI is InChI=1S/C16H28N4S.HI/c1-13-8-9-15(21-13)12-19-16(17-2)18-10-11-20(3)14-6-4-5-7-14;/h8-9,14H,4-7,10-12H2,1-3H3,(H2,17,18,19);1H. The van der Waals surface area contributed by atoms with Crippen LogP contribution in [-0.4, -0.2) is 44.1 Å². The first-order chi connectivity index (χ1) is 10.2. The second kappa shape index (κ2) is 10.4. The molecular weight excluding hydrogens is 407 g/mol. The number of aliphatic imine (C=N–C) groups is 1. The van der Waals surface area contributed by atoms with Crippen LogP contribution in [0.15, 0.2) is 17.1 Å². The van der Waals surface area contributed by atoms with E-state index in [1.165, 1.54) is 35.4 Å². The molecule has 0 saturated heterocycles. The van der Waals surface area contributed by atoms with Crippen molar-refractivity contribution in [3.63, 3.8) is 0 Å². The highest BCUT2D eigenvalue weighted by Crippen LogP contribution is 2.21. The zero-order valence-corrected chi connectivity index (χ0v) is 17.0. The fraction of sp³-hybridized carbons (Fsp3) is 0.688. The van der Waals surface area contributed by atoms with Crippen molar-refractivity contribution in [1.29, 1.82) is 0 Å². The summed E-state index contributed by atoms with van der Waals surface area (Å²) in [5, 5.41) is 6.78. The molecule has 6 heteroatoms. The van der Waals surface area contributed by atoms with Crippen LogP contribution in [0.1, 0.15) is 35.4 Å². The van der Waals surface area contributed by atoms with Crippen molar-refractivity contribution < 1.29 is 0 Å². The maximum absolute atomic E-state index is 4.28. The normalized spacial score (nSPS) is 15.9. The minimum atomic E-state index is 0. The lowest BCUT2D eigenvalue weighted by atomic mass is 10.2. The van der Waals surface area contributed by atoms with Crippen LogP contribution in [0.5, 0.6) is 0 Å². The summed E-state index contributed by atoms with van der Waals surface area (Å²) in [6.07, 6.45) is 5.51. The van der Waals surface area contributed by atoms with Crippen molar-refractivity contribution in [2.24, 2.45) is 4.99 Å². The van der Waals surface area contributed by atoms with Crippen molar-refractivity contribution in [3.8, 4) is 0 Å². The molecule has 0 unspecified atom stereocenters. The van der Waals surface area contributed by atoms with Crippen LogP contribution in [0.25, 0.3) is 0 Å². The molecule has 0 atom stereocenters. The van der Waals surface area contributed by atoms with Gasteiger partial charge >= 0.3 is 0 Å². The number of aryl methyl sites for hydroxylation is 1. The summed E-state index contributed by atoms with van der Waals surface area (Å²) in [6, 6.07) is 5.12. The van der Waals surface area contributed by atoms with E-state index in [2.05, 4.69) is 46.6 Å². The van der Waals surface area contributed by atoms with Crippen LogP contribution >= 0.6 is 35.3 Å². The number of halogens is 1. The minimum absolute atomic E-state index is 0. The van der Waals surface area contributed by atoms with Crippen molar-refractivity contribution in [2.45, 2.75) is 45.2 Å². The van der Waals surface area contributed by atoms with Crippen LogP contribution in [0.2, 0.25) is 0 Å². The van der Waals surface area contributed by atoms with Gasteiger partial charge in [0, 0.05) is 35.9 Å². The highest BCUT2D eigenvalue weighted by molar-refractivity contribution is 14.0. The minimum Gasteiger partial charge on any atom is -0.355 e. The van der Waals surface area contributed by atoms with Crippen LogP contribution in [0.4, 0.5) is 0 Å². The number of thiophene rings is 1. The van der Waals surface area contributed by atoms with Crippen LogP contribution < -0.4 is 10.6 Å². The van der Waals surface area contributed by atoms with Crippen molar-refractivity contribution in [1.82, 2.24) is 15.5 Å². The Morgan fingerprint density at radius 2 is 2.05 bits per heavy atom. The number of hydrogen-bond acceptors (Lipinski definition) is 3. The maximum Gasteiger partial charge on any atom is 0.191 e. The molecule has 2 N–H and O–H groups in total. The Morgan fingerprint density at radius 3 is 2.64 bits per heavy atom. The Labute approximate surface area is 155 Å². The van der Waals surface area contributed by atoms with Crippen molar-refractivity contribution in [3.05, 3.63) is 21.9 Å². The van der Waals surface area contributed by atoms with Gasteiger partial charge in [-0.25, -0.2) is 0 Å². The molecule has 1 aliphatic carbocycles. The number of hydrogen-bond donors (Lipinski definition) is 2. The van der Waals surface area contributed by atoms with Gasteiger partial charge in [0.25, 0.3) is 0 Å². The van der Waals surface area contributed by atoms with Crippen LogP contribution in [-0.2, 0) is 6.54 Å². The molecule has 1 heterocycles. The maximum atomic E-state index is 4.28. The number of nitrogens with one attached hydrogen (secondary N) is 2. The average Bonchev–Trinajstić information content (AvgIpc) is 3.13. The molecule has 0 aliphatic heterocycles. The summed E-state index contributed by atoms with van der Waals surface area (Å²) < 4.78 is 0. The molecule has 0 spiro atoms. The lowest BCUT2D eigenvalue weighted by Crippen LogP contribution is -2.42. The second-order valence-electron chi connectivity index (χ2n) is 5.78. The van der Waals surface area contributed by atoms with Crippen molar-refractivity contribution in [2.75, 3.05) is 27.2 Å². The van der Waals surface area contributed by atoms with E-state index in [1.807, 2.05) is 18.4 Å². The predicted molar refractivity (Wildman–Crippen MR) is 108 cm³/mol. The summed E-state index contributed by atoms with van der Waals surface area (Å²) in [5.41, 5.74) is 0. The number of guanidine groups is 1. The predicted octanol–water partition coefficient (Wildman–Crippen LogP) is 3.21. The summed E-state index contributed by atoms with van der Waals surface area (Å²) in [5.74, 6) is 0.890. The van der Waals surface area contributed by atoms with E-state index < -0.39 is 0 Å². The summed E-state index contributed by atoms with van der Waals surface area (Å²) in [4.78, 5) is 9.47. The zero-order valence-electron chi connectivity index (χ0n) is 13.9. The van der Waals surface area contributed by atoms with Gasteiger partial charge in [-0.3, -0.25) is 4.99 Å². The van der Waals surface area contributed by atoms with E-state index >= 15 is 0 Å². The molecule has 0 radical (unpaired) electrons. The van der Waals surface area contributed by atoms with E-state index in [9.17, 15) is 0 Å². The van der Waals surface area contributed by atoms with E-state index in [0.717, 1.165) is 31.6 Å². The van der Waals surface area contributed by atoms with Gasteiger partial charge < -0.3 is 15.5 Å². The molecular formula is C16H29IN4S. The second-order valence-corrected chi connectivity index (χ2v) is 7.16. The third-order valence-corrected chi connectivity index (χ3v) is 5.16. The lowest BCUT2D eigenvalue weighted by Gasteiger charge is -2.24. The Kier molecular flexibility index (Phi) is 9.35. The van der Waals surface area contributed by atoms with E-state index in [-0.39, 0.29) is 24.0 Å². The first-order valence-electron chi connectivity index (χ1n) is 7.89. The fourth-order valence-electron chi connectivity index (χ4n) is 2.85. The van der Waals surface area contributed by atoms with Gasteiger partial charge in [-0.15, -0.1) is 35.3 Å². The van der Waals surface area contributed by atoms with E-state index in [4.69, 9.17) is 0 Å². The average molecular weight is 436 g/mol. The molecule has 1 aliphatic rings. The van der Waals surface area contributed by atoms with E-state index in [0.29, 0.717) is 0 Å². The Balaban J connectivity index is 0.00000242. The lowest BCUT2D eigenvalue weighted by molar-refractivity contribution is 0.249. The highest BCUT2D eigenvalue weighted by atomic mass is 127.